The summed E-state index contributed by atoms with van der Waals surface area (Å²) in [7, 11) is 2.18. The third kappa shape index (κ3) is 3.45. The van der Waals surface area contributed by atoms with Gasteiger partial charge in [0.15, 0.2) is 0 Å². The number of nitrogens with zero attached hydrogens (tertiary/aromatic N) is 2. The minimum atomic E-state index is -0.277. The molecule has 0 spiro atoms. The summed E-state index contributed by atoms with van der Waals surface area (Å²) in [4.78, 5) is 27.4. The van der Waals surface area contributed by atoms with Gasteiger partial charge in [-0.25, -0.2) is 0 Å². The molecule has 0 aromatic carbocycles. The van der Waals surface area contributed by atoms with Gasteiger partial charge in [0.2, 0.25) is 11.8 Å². The molecule has 2 rings (SSSR count). The zero-order valence-electron chi connectivity index (χ0n) is 11.6. The second-order valence-electron chi connectivity index (χ2n) is 5.56. The topological polar surface area (TPSA) is 78.7 Å². The third-order valence-corrected chi connectivity index (χ3v) is 4.32. The zero-order chi connectivity index (χ0) is 13.8. The Hall–Kier alpha value is -1.14. The second kappa shape index (κ2) is 6.34. The van der Waals surface area contributed by atoms with E-state index in [0.717, 1.165) is 19.5 Å². The molecule has 2 fully saturated rings. The molecule has 0 saturated carbocycles. The van der Waals surface area contributed by atoms with E-state index in [-0.39, 0.29) is 24.9 Å². The highest BCUT2D eigenvalue weighted by atomic mass is 16.2. The lowest BCUT2D eigenvalue weighted by Crippen LogP contribution is -2.55. The summed E-state index contributed by atoms with van der Waals surface area (Å²) in [5, 5.41) is 2.54. The van der Waals surface area contributed by atoms with Gasteiger partial charge in [0.1, 0.15) is 0 Å². The molecule has 2 heterocycles. The van der Waals surface area contributed by atoms with Crippen molar-refractivity contribution in [2.24, 2.45) is 11.7 Å². The van der Waals surface area contributed by atoms with Gasteiger partial charge in [0, 0.05) is 19.1 Å². The Morgan fingerprint density at radius 3 is 2.84 bits per heavy atom. The van der Waals surface area contributed by atoms with Crippen LogP contribution in [0.15, 0.2) is 0 Å². The summed E-state index contributed by atoms with van der Waals surface area (Å²) in [5.74, 6) is 0.316. The van der Waals surface area contributed by atoms with Gasteiger partial charge >= 0.3 is 0 Å². The molecule has 3 N–H and O–H groups in total. The van der Waals surface area contributed by atoms with E-state index in [1.165, 1.54) is 19.4 Å². The minimum absolute atomic E-state index is 0.00785. The van der Waals surface area contributed by atoms with E-state index in [2.05, 4.69) is 17.3 Å². The third-order valence-electron chi connectivity index (χ3n) is 4.32. The predicted octanol–water partition coefficient (Wildman–Crippen LogP) is -0.996. The molecule has 0 radical (unpaired) electrons. The fourth-order valence-corrected chi connectivity index (χ4v) is 3.24. The van der Waals surface area contributed by atoms with Crippen molar-refractivity contribution >= 4 is 11.8 Å². The molecule has 2 unspecified atom stereocenters. The summed E-state index contributed by atoms with van der Waals surface area (Å²) < 4.78 is 0. The van der Waals surface area contributed by atoms with Gasteiger partial charge in [0.05, 0.1) is 13.1 Å². The van der Waals surface area contributed by atoms with Crippen molar-refractivity contribution in [3.05, 3.63) is 0 Å². The summed E-state index contributed by atoms with van der Waals surface area (Å²) >= 11 is 0. The van der Waals surface area contributed by atoms with Gasteiger partial charge < -0.3 is 20.9 Å². The number of nitrogens with two attached hydrogens (primary N) is 1. The lowest BCUT2D eigenvalue weighted by Gasteiger charge is -2.46. The van der Waals surface area contributed by atoms with Crippen molar-refractivity contribution in [3.63, 3.8) is 0 Å². The molecule has 0 bridgehead atoms. The van der Waals surface area contributed by atoms with Crippen LogP contribution in [0.3, 0.4) is 0 Å². The molecular formula is C13H24N4O2. The Morgan fingerprint density at radius 1 is 1.32 bits per heavy atom. The van der Waals surface area contributed by atoms with E-state index < -0.39 is 0 Å². The Morgan fingerprint density at radius 2 is 2.11 bits per heavy atom. The monoisotopic (exact) mass is 268 g/mol. The van der Waals surface area contributed by atoms with E-state index in [9.17, 15) is 9.59 Å². The summed E-state index contributed by atoms with van der Waals surface area (Å²) in [6, 6.07) is 0.622. The fourth-order valence-electron chi connectivity index (χ4n) is 3.24. The SMILES string of the molecule is CN1CCCC2CN(C(=O)CNC(=O)CN)CCC21. The number of carbonyl (C=O) groups is 2. The number of rotatable bonds is 3. The highest BCUT2D eigenvalue weighted by Crippen LogP contribution is 2.29. The zero-order valence-corrected chi connectivity index (χ0v) is 11.6. The highest BCUT2D eigenvalue weighted by Gasteiger charge is 2.35. The first kappa shape index (κ1) is 14.3. The first-order valence-corrected chi connectivity index (χ1v) is 7.06. The number of hydrogen-bond acceptors (Lipinski definition) is 4. The van der Waals surface area contributed by atoms with Gasteiger partial charge in [-0.2, -0.15) is 0 Å². The van der Waals surface area contributed by atoms with E-state index in [1.807, 2.05) is 4.90 Å². The molecule has 0 aromatic heterocycles. The van der Waals surface area contributed by atoms with Crippen LogP contribution in [0.1, 0.15) is 19.3 Å². The number of nitrogens with one attached hydrogen (secondary N) is 1. The van der Waals surface area contributed by atoms with Gasteiger partial charge in [-0.05, 0) is 38.8 Å². The molecule has 108 valence electrons. The number of carbonyl (C=O) groups excluding carboxylic acids is 2. The highest BCUT2D eigenvalue weighted by molar-refractivity contribution is 5.85. The molecule has 0 aliphatic carbocycles. The van der Waals surface area contributed by atoms with Crippen LogP contribution >= 0.6 is 0 Å². The standard InChI is InChI=1S/C13H24N4O2/c1-16-5-2-3-10-9-17(6-4-11(10)16)13(19)8-15-12(18)7-14/h10-11H,2-9,14H2,1H3,(H,15,18). The van der Waals surface area contributed by atoms with Gasteiger partial charge in [-0.1, -0.05) is 0 Å². The van der Waals surface area contributed by atoms with Gasteiger partial charge in [-0.3, -0.25) is 9.59 Å². The average Bonchev–Trinajstić information content (AvgIpc) is 2.44. The van der Waals surface area contributed by atoms with Crippen molar-refractivity contribution in [2.45, 2.75) is 25.3 Å². The number of fused-ring (bicyclic) bond motifs is 1. The normalized spacial score (nSPS) is 27.8. The van der Waals surface area contributed by atoms with Crippen LogP contribution in [0.2, 0.25) is 0 Å². The molecular weight excluding hydrogens is 244 g/mol. The smallest absolute Gasteiger partial charge is 0.241 e. The van der Waals surface area contributed by atoms with E-state index in [4.69, 9.17) is 5.73 Å². The average molecular weight is 268 g/mol. The summed E-state index contributed by atoms with van der Waals surface area (Å²) in [6.45, 7) is 2.79. The summed E-state index contributed by atoms with van der Waals surface area (Å²) in [5.41, 5.74) is 5.20. The quantitative estimate of drug-likeness (QED) is 0.688. The molecule has 19 heavy (non-hydrogen) atoms. The van der Waals surface area contributed by atoms with Crippen LogP contribution in [0.25, 0.3) is 0 Å². The minimum Gasteiger partial charge on any atom is -0.346 e. The Balaban J connectivity index is 1.83. The van der Waals surface area contributed by atoms with Crippen LogP contribution in [-0.2, 0) is 9.59 Å². The predicted molar refractivity (Wildman–Crippen MR) is 72.4 cm³/mol. The number of amides is 2. The van der Waals surface area contributed by atoms with Crippen LogP contribution in [0, 0.1) is 5.92 Å². The van der Waals surface area contributed by atoms with Crippen molar-refractivity contribution < 1.29 is 9.59 Å². The first-order chi connectivity index (χ1) is 9.11. The first-order valence-electron chi connectivity index (χ1n) is 7.06. The largest absolute Gasteiger partial charge is 0.346 e. The molecule has 2 amide bonds. The van der Waals surface area contributed by atoms with Crippen molar-refractivity contribution in [3.8, 4) is 0 Å². The Kier molecular flexibility index (Phi) is 4.76. The number of piperidine rings is 2. The molecule has 2 aliphatic rings. The van der Waals surface area contributed by atoms with E-state index >= 15 is 0 Å². The van der Waals surface area contributed by atoms with Crippen LogP contribution < -0.4 is 11.1 Å². The number of hydrogen-bond donors (Lipinski definition) is 2. The Bertz CT molecular complexity index is 348. The number of likely N-dealkylation sites (tertiary alicyclic amines) is 2. The van der Waals surface area contributed by atoms with Crippen molar-refractivity contribution in [1.29, 1.82) is 0 Å². The maximum Gasteiger partial charge on any atom is 0.241 e. The van der Waals surface area contributed by atoms with Gasteiger partial charge in [-0.15, -0.1) is 0 Å². The maximum absolute atomic E-state index is 12.0. The lowest BCUT2D eigenvalue weighted by atomic mass is 9.84. The van der Waals surface area contributed by atoms with Crippen molar-refractivity contribution in [1.82, 2.24) is 15.1 Å². The Labute approximate surface area is 114 Å². The maximum atomic E-state index is 12.0. The lowest BCUT2D eigenvalue weighted by molar-refractivity contribution is -0.135. The van der Waals surface area contributed by atoms with Crippen LogP contribution in [-0.4, -0.2) is 67.4 Å². The molecule has 6 nitrogen and oxygen atoms in total. The van der Waals surface area contributed by atoms with E-state index in [0.29, 0.717) is 12.0 Å². The van der Waals surface area contributed by atoms with Crippen molar-refractivity contribution in [2.75, 3.05) is 39.8 Å². The van der Waals surface area contributed by atoms with Crippen LogP contribution in [0.4, 0.5) is 0 Å². The fraction of sp³-hybridized carbons (Fsp3) is 0.846. The van der Waals surface area contributed by atoms with Crippen LogP contribution in [0.5, 0.6) is 0 Å². The molecule has 2 atom stereocenters. The molecule has 0 aromatic rings. The summed E-state index contributed by atoms with van der Waals surface area (Å²) in [6.07, 6.45) is 3.45. The molecule has 6 heteroatoms. The molecule has 2 aliphatic heterocycles. The second-order valence-corrected chi connectivity index (χ2v) is 5.56. The van der Waals surface area contributed by atoms with Gasteiger partial charge in [0.25, 0.3) is 0 Å². The molecule has 2 saturated heterocycles. The van der Waals surface area contributed by atoms with E-state index in [1.54, 1.807) is 0 Å².